The van der Waals surface area contributed by atoms with E-state index in [4.69, 9.17) is 9.84 Å². The number of hydrogen-bond acceptors (Lipinski definition) is 3. The number of carbonyl (C=O) groups is 2. The molecular formula is C15H19NO4. The van der Waals surface area contributed by atoms with Crippen molar-refractivity contribution >= 4 is 17.6 Å². The predicted octanol–water partition coefficient (Wildman–Crippen LogP) is 2.01. The Hall–Kier alpha value is -2.04. The van der Waals surface area contributed by atoms with Crippen LogP contribution in [0.1, 0.15) is 13.8 Å². The Balaban J connectivity index is 2.15. The highest BCUT2D eigenvalue weighted by atomic mass is 16.5. The number of methoxy groups -OCH3 is 1. The Labute approximate surface area is 118 Å². The number of ether oxygens (including phenoxy) is 1. The van der Waals surface area contributed by atoms with E-state index in [0.717, 1.165) is 5.69 Å². The first-order valence-corrected chi connectivity index (χ1v) is 6.45. The van der Waals surface area contributed by atoms with Crippen LogP contribution < -0.4 is 9.64 Å². The molecular weight excluding hydrogens is 258 g/mol. The van der Waals surface area contributed by atoms with Crippen molar-refractivity contribution in [3.8, 4) is 5.75 Å². The van der Waals surface area contributed by atoms with E-state index in [1.54, 1.807) is 38.4 Å². The molecule has 1 saturated carbocycles. The quantitative estimate of drug-likeness (QED) is 0.914. The van der Waals surface area contributed by atoms with E-state index in [0.29, 0.717) is 5.75 Å². The minimum absolute atomic E-state index is 0.160. The van der Waals surface area contributed by atoms with E-state index in [1.807, 2.05) is 13.8 Å². The van der Waals surface area contributed by atoms with Gasteiger partial charge >= 0.3 is 5.97 Å². The Bertz CT molecular complexity index is 535. The number of carboxylic acid groups (broad SMARTS) is 1. The number of hydrogen-bond donors (Lipinski definition) is 1. The van der Waals surface area contributed by atoms with Crippen molar-refractivity contribution in [2.75, 3.05) is 19.1 Å². The number of nitrogens with zero attached hydrogens (tertiary/aromatic N) is 1. The Morgan fingerprint density at radius 3 is 2.15 bits per heavy atom. The number of carbonyl (C=O) groups excluding carboxylic acids is 1. The molecule has 20 heavy (non-hydrogen) atoms. The van der Waals surface area contributed by atoms with E-state index in [1.165, 1.54) is 4.90 Å². The zero-order valence-corrected chi connectivity index (χ0v) is 12.1. The molecule has 1 amide bonds. The van der Waals surface area contributed by atoms with Gasteiger partial charge in [0.15, 0.2) is 0 Å². The third-order valence-corrected chi connectivity index (χ3v) is 4.15. The highest BCUT2D eigenvalue weighted by Crippen LogP contribution is 2.59. The molecule has 1 aromatic carbocycles. The largest absolute Gasteiger partial charge is 0.497 e. The van der Waals surface area contributed by atoms with Gasteiger partial charge in [-0.15, -0.1) is 0 Å². The molecule has 0 radical (unpaired) electrons. The van der Waals surface area contributed by atoms with Gasteiger partial charge in [0.05, 0.1) is 18.9 Å². The molecule has 0 spiro atoms. The molecule has 0 unspecified atom stereocenters. The van der Waals surface area contributed by atoms with Crippen LogP contribution in [0.25, 0.3) is 0 Å². The highest BCUT2D eigenvalue weighted by Gasteiger charge is 2.66. The van der Waals surface area contributed by atoms with Crippen LogP contribution in [0.15, 0.2) is 24.3 Å². The highest BCUT2D eigenvalue weighted by molar-refractivity contribution is 6.01. The summed E-state index contributed by atoms with van der Waals surface area (Å²) in [6.45, 7) is 3.63. The molecule has 1 aliphatic rings. The minimum atomic E-state index is -0.906. The summed E-state index contributed by atoms with van der Waals surface area (Å²) in [5.41, 5.74) is 0.242. The van der Waals surface area contributed by atoms with Crippen LogP contribution in [0, 0.1) is 17.3 Å². The van der Waals surface area contributed by atoms with Gasteiger partial charge in [-0.2, -0.15) is 0 Å². The summed E-state index contributed by atoms with van der Waals surface area (Å²) in [7, 11) is 3.24. The van der Waals surface area contributed by atoms with Gasteiger partial charge in [-0.3, -0.25) is 9.59 Å². The summed E-state index contributed by atoms with van der Waals surface area (Å²) in [6, 6.07) is 7.10. The predicted molar refractivity (Wildman–Crippen MR) is 74.8 cm³/mol. The molecule has 108 valence electrons. The molecule has 1 aromatic rings. The van der Waals surface area contributed by atoms with E-state index in [2.05, 4.69) is 0 Å². The smallest absolute Gasteiger partial charge is 0.307 e. The summed E-state index contributed by atoms with van der Waals surface area (Å²) < 4.78 is 5.07. The summed E-state index contributed by atoms with van der Waals surface area (Å²) >= 11 is 0. The molecule has 2 atom stereocenters. The fourth-order valence-corrected chi connectivity index (χ4v) is 2.70. The van der Waals surface area contributed by atoms with Gasteiger partial charge in [0, 0.05) is 12.7 Å². The monoisotopic (exact) mass is 277 g/mol. The maximum absolute atomic E-state index is 12.4. The van der Waals surface area contributed by atoms with Crippen LogP contribution >= 0.6 is 0 Å². The SMILES string of the molecule is COc1ccc(N(C)C(=O)[C@H]2[C@@H](C(=O)O)C2(C)C)cc1. The average Bonchev–Trinajstić information content (AvgIpc) is 3.00. The first-order chi connectivity index (χ1) is 9.30. The van der Waals surface area contributed by atoms with Crippen LogP contribution in [-0.4, -0.2) is 31.1 Å². The molecule has 0 saturated heterocycles. The lowest BCUT2D eigenvalue weighted by atomic mass is 10.1. The van der Waals surface area contributed by atoms with Crippen LogP contribution in [0.3, 0.4) is 0 Å². The van der Waals surface area contributed by atoms with Gasteiger partial charge in [-0.05, 0) is 29.7 Å². The van der Waals surface area contributed by atoms with E-state index in [-0.39, 0.29) is 5.91 Å². The number of carboxylic acids is 1. The van der Waals surface area contributed by atoms with Gasteiger partial charge in [-0.25, -0.2) is 0 Å². The molecule has 1 aliphatic carbocycles. The van der Waals surface area contributed by atoms with Crippen molar-refractivity contribution < 1.29 is 19.4 Å². The summed E-state index contributed by atoms with van der Waals surface area (Å²) in [5.74, 6) is -1.42. The van der Waals surface area contributed by atoms with Gasteiger partial charge in [-0.1, -0.05) is 13.8 Å². The molecule has 5 heteroatoms. The molecule has 0 aromatic heterocycles. The van der Waals surface area contributed by atoms with Crippen molar-refractivity contribution in [3.63, 3.8) is 0 Å². The van der Waals surface area contributed by atoms with Crippen molar-refractivity contribution in [1.29, 1.82) is 0 Å². The first kappa shape index (κ1) is 14.4. The molecule has 0 aliphatic heterocycles. The molecule has 1 N–H and O–H groups in total. The Morgan fingerprint density at radius 1 is 1.20 bits per heavy atom. The first-order valence-electron chi connectivity index (χ1n) is 6.45. The Morgan fingerprint density at radius 2 is 1.75 bits per heavy atom. The number of anilines is 1. The lowest BCUT2D eigenvalue weighted by Crippen LogP contribution is -2.29. The fourth-order valence-electron chi connectivity index (χ4n) is 2.70. The lowest BCUT2D eigenvalue weighted by Gasteiger charge is -2.18. The summed E-state index contributed by atoms with van der Waals surface area (Å²) in [4.78, 5) is 25.1. The van der Waals surface area contributed by atoms with Crippen LogP contribution in [-0.2, 0) is 9.59 Å². The second-order valence-corrected chi connectivity index (χ2v) is 5.71. The maximum Gasteiger partial charge on any atom is 0.307 e. The molecule has 2 rings (SSSR count). The van der Waals surface area contributed by atoms with Crippen LogP contribution in [0.4, 0.5) is 5.69 Å². The molecule has 0 heterocycles. The fraction of sp³-hybridized carbons (Fsp3) is 0.467. The standard InChI is InChI=1S/C15H19NO4/c1-15(2)11(12(15)14(18)19)13(17)16(3)9-5-7-10(20-4)8-6-9/h5-8,11-12H,1-4H3,(H,18,19)/t11-,12+/m1/s1. The van der Waals surface area contributed by atoms with Crippen molar-refractivity contribution in [2.24, 2.45) is 17.3 Å². The molecule has 1 fully saturated rings. The van der Waals surface area contributed by atoms with Crippen molar-refractivity contribution in [3.05, 3.63) is 24.3 Å². The third-order valence-electron chi connectivity index (χ3n) is 4.15. The zero-order chi connectivity index (χ0) is 15.1. The molecule has 0 bridgehead atoms. The topological polar surface area (TPSA) is 66.8 Å². The normalized spacial score (nSPS) is 23.0. The zero-order valence-electron chi connectivity index (χ0n) is 12.1. The van der Waals surface area contributed by atoms with Crippen LogP contribution in [0.2, 0.25) is 0 Å². The third kappa shape index (κ3) is 2.24. The van der Waals surface area contributed by atoms with Crippen molar-refractivity contribution in [2.45, 2.75) is 13.8 Å². The van der Waals surface area contributed by atoms with E-state index < -0.39 is 23.2 Å². The lowest BCUT2D eigenvalue weighted by molar-refractivity contribution is -0.140. The summed E-state index contributed by atoms with van der Waals surface area (Å²) in [6.07, 6.45) is 0. The second-order valence-electron chi connectivity index (χ2n) is 5.71. The summed E-state index contributed by atoms with van der Waals surface area (Å²) in [5, 5.41) is 9.14. The maximum atomic E-state index is 12.4. The number of rotatable bonds is 4. The van der Waals surface area contributed by atoms with Gasteiger partial charge in [0.2, 0.25) is 5.91 Å². The van der Waals surface area contributed by atoms with Gasteiger partial charge in [0.1, 0.15) is 5.75 Å². The number of aliphatic carboxylic acids is 1. The number of amides is 1. The average molecular weight is 277 g/mol. The van der Waals surface area contributed by atoms with Crippen molar-refractivity contribution in [1.82, 2.24) is 0 Å². The van der Waals surface area contributed by atoms with Gasteiger partial charge in [0.25, 0.3) is 0 Å². The van der Waals surface area contributed by atoms with Crippen LogP contribution in [0.5, 0.6) is 5.75 Å². The Kier molecular flexibility index (Phi) is 3.46. The van der Waals surface area contributed by atoms with Gasteiger partial charge < -0.3 is 14.7 Å². The second kappa shape index (κ2) is 4.81. The minimum Gasteiger partial charge on any atom is -0.497 e. The molecule has 5 nitrogen and oxygen atoms in total. The van der Waals surface area contributed by atoms with E-state index in [9.17, 15) is 9.59 Å². The van der Waals surface area contributed by atoms with E-state index >= 15 is 0 Å². The number of benzene rings is 1.